The van der Waals surface area contributed by atoms with Crippen molar-refractivity contribution in [1.29, 1.82) is 0 Å². The minimum atomic E-state index is -1.03. The van der Waals surface area contributed by atoms with Crippen molar-refractivity contribution in [3.05, 3.63) is 39.5 Å². The summed E-state index contributed by atoms with van der Waals surface area (Å²) >= 11 is 0. The highest BCUT2D eigenvalue weighted by atomic mass is 16.6. The number of ether oxygens (including phenoxy) is 3. The highest BCUT2D eigenvalue weighted by molar-refractivity contribution is 6.17. The number of fused-ring (bicyclic) bond motifs is 1. The minimum absolute atomic E-state index is 0.00515. The zero-order chi connectivity index (χ0) is 45.4. The van der Waals surface area contributed by atoms with Crippen LogP contribution in [0.3, 0.4) is 0 Å². The molecule has 0 fully saturated rings. The van der Waals surface area contributed by atoms with Crippen LogP contribution < -0.4 is 19.6 Å². The van der Waals surface area contributed by atoms with Gasteiger partial charge in [0.05, 0.1) is 0 Å². The van der Waals surface area contributed by atoms with E-state index in [0.717, 1.165) is 95.6 Å². The van der Waals surface area contributed by atoms with Crippen LogP contribution in [0.5, 0.6) is 28.7 Å². The van der Waals surface area contributed by atoms with Crippen molar-refractivity contribution in [2.45, 2.75) is 195 Å². The molecule has 0 amide bonds. The molecule has 3 rings (SSSR count). The van der Waals surface area contributed by atoms with Gasteiger partial charge in [-0.1, -0.05) is 131 Å². The van der Waals surface area contributed by atoms with E-state index in [0.29, 0.717) is 44.9 Å². The first-order chi connectivity index (χ1) is 29.9. The van der Waals surface area contributed by atoms with Gasteiger partial charge in [0.2, 0.25) is 11.2 Å². The smallest absolute Gasteiger partial charge is 0.311 e. The minimum Gasteiger partial charge on any atom is -0.504 e. The summed E-state index contributed by atoms with van der Waals surface area (Å²) in [6, 6.07) is 3.59. The lowest BCUT2D eigenvalue weighted by Crippen LogP contribution is -2.22. The van der Waals surface area contributed by atoms with Gasteiger partial charge in [-0.2, -0.15) is 0 Å². The molecule has 62 heavy (non-hydrogen) atoms. The first-order valence-electron chi connectivity index (χ1n) is 23.3. The Morgan fingerprint density at radius 1 is 0.484 bits per heavy atom. The fraction of sp³-hybridized carbons (Fsp3) is 0.600. The van der Waals surface area contributed by atoms with Gasteiger partial charge in [0.25, 0.3) is 0 Å². The van der Waals surface area contributed by atoms with Crippen molar-refractivity contribution in [2.24, 2.45) is 0 Å². The average Bonchev–Trinajstić information content (AvgIpc) is 3.24. The van der Waals surface area contributed by atoms with Crippen LogP contribution in [0.2, 0.25) is 0 Å². The van der Waals surface area contributed by atoms with Crippen molar-refractivity contribution in [3.8, 4) is 40.1 Å². The summed E-state index contributed by atoms with van der Waals surface area (Å²) in [5, 5.41) is 20.3. The SMILES string of the molecule is CCCCCCC(=O)Oc1c(C(=O)CCCCCC)c(OC(=O)CCCCCC)c2c(=O)c(OC(=O)CCCCCC)c(-c3ccc(O)c(O)c3)oc2c1C(=O)CCCCCC. The van der Waals surface area contributed by atoms with Crippen molar-refractivity contribution in [1.82, 2.24) is 0 Å². The first-order valence-corrected chi connectivity index (χ1v) is 23.3. The van der Waals surface area contributed by atoms with Gasteiger partial charge in [0.1, 0.15) is 16.5 Å². The second-order valence-corrected chi connectivity index (χ2v) is 16.2. The number of ketones is 2. The van der Waals surface area contributed by atoms with E-state index in [9.17, 15) is 34.2 Å². The Morgan fingerprint density at radius 2 is 0.887 bits per heavy atom. The normalized spacial score (nSPS) is 11.2. The molecule has 3 aromatic rings. The van der Waals surface area contributed by atoms with Crippen molar-refractivity contribution >= 4 is 40.4 Å². The maximum atomic E-state index is 15.2. The van der Waals surface area contributed by atoms with Crippen LogP contribution >= 0.6 is 0 Å². The first kappa shape index (κ1) is 51.4. The molecule has 2 N–H and O–H groups in total. The van der Waals surface area contributed by atoms with E-state index in [2.05, 4.69) is 0 Å². The number of hydrogen-bond donors (Lipinski definition) is 2. The Morgan fingerprint density at radius 3 is 1.32 bits per heavy atom. The van der Waals surface area contributed by atoms with Gasteiger partial charge in [-0.15, -0.1) is 0 Å². The molecule has 0 unspecified atom stereocenters. The fourth-order valence-corrected chi connectivity index (χ4v) is 7.27. The van der Waals surface area contributed by atoms with Crippen LogP contribution in [-0.2, 0) is 14.4 Å². The van der Waals surface area contributed by atoms with Crippen LogP contribution in [0.25, 0.3) is 22.3 Å². The predicted molar refractivity (Wildman–Crippen MR) is 241 cm³/mol. The monoisotopic (exact) mass is 862 g/mol. The Balaban J connectivity index is 2.57. The molecule has 0 radical (unpaired) electrons. The average molecular weight is 863 g/mol. The zero-order valence-electron chi connectivity index (χ0n) is 37.9. The Hall–Kier alpha value is -5.00. The number of benzene rings is 2. The van der Waals surface area contributed by atoms with Gasteiger partial charge < -0.3 is 28.8 Å². The second-order valence-electron chi connectivity index (χ2n) is 16.2. The summed E-state index contributed by atoms with van der Waals surface area (Å²) in [5.74, 6) is -6.49. The van der Waals surface area contributed by atoms with Crippen LogP contribution in [0, 0.1) is 0 Å². The molecule has 0 aliphatic rings. The van der Waals surface area contributed by atoms with E-state index in [-0.39, 0.29) is 49.0 Å². The lowest BCUT2D eigenvalue weighted by atomic mass is 9.92. The lowest BCUT2D eigenvalue weighted by Gasteiger charge is -2.21. The van der Waals surface area contributed by atoms with Gasteiger partial charge in [-0.25, -0.2) is 0 Å². The van der Waals surface area contributed by atoms with Gasteiger partial charge in [0, 0.05) is 37.7 Å². The van der Waals surface area contributed by atoms with Gasteiger partial charge >= 0.3 is 17.9 Å². The van der Waals surface area contributed by atoms with E-state index in [1.807, 2.05) is 34.6 Å². The van der Waals surface area contributed by atoms with Crippen molar-refractivity contribution < 1.29 is 52.8 Å². The number of unbranched alkanes of at least 4 members (excludes halogenated alkanes) is 15. The molecule has 2 aromatic carbocycles. The van der Waals surface area contributed by atoms with E-state index in [4.69, 9.17) is 18.6 Å². The number of carbonyl (C=O) groups excluding carboxylic acids is 5. The molecule has 0 atom stereocenters. The molecule has 0 aliphatic carbocycles. The van der Waals surface area contributed by atoms with E-state index in [1.54, 1.807) is 0 Å². The highest BCUT2D eigenvalue weighted by Gasteiger charge is 2.36. The predicted octanol–water partition coefficient (Wildman–Crippen LogP) is 12.8. The summed E-state index contributed by atoms with van der Waals surface area (Å²) in [4.78, 5) is 85.6. The number of aromatic hydroxyl groups is 2. The lowest BCUT2D eigenvalue weighted by molar-refractivity contribution is -0.135. The molecule has 0 aliphatic heterocycles. The van der Waals surface area contributed by atoms with Crippen LogP contribution in [0.15, 0.2) is 27.4 Å². The van der Waals surface area contributed by atoms with Crippen molar-refractivity contribution in [3.63, 3.8) is 0 Å². The summed E-state index contributed by atoms with van der Waals surface area (Å²) in [5.41, 5.74) is -2.21. The van der Waals surface area contributed by atoms with Crippen molar-refractivity contribution in [2.75, 3.05) is 0 Å². The molecule has 342 valence electrons. The molecule has 0 bridgehead atoms. The highest BCUT2D eigenvalue weighted by Crippen LogP contribution is 2.46. The Labute approximate surface area is 367 Å². The summed E-state index contributed by atoms with van der Waals surface area (Å²) in [6.07, 6.45) is 14.5. The number of rotatable bonds is 31. The summed E-state index contributed by atoms with van der Waals surface area (Å²) in [6.45, 7) is 10.2. The van der Waals surface area contributed by atoms with E-state index < -0.39 is 80.2 Å². The van der Waals surface area contributed by atoms with Gasteiger partial charge in [-0.3, -0.25) is 28.8 Å². The van der Waals surface area contributed by atoms with Gasteiger partial charge in [-0.05, 0) is 50.3 Å². The maximum absolute atomic E-state index is 15.2. The molecular formula is C50H70O12. The molecular weight excluding hydrogens is 793 g/mol. The number of phenolic OH excluding ortho intramolecular Hbond substituents is 2. The third-order valence-corrected chi connectivity index (χ3v) is 10.9. The maximum Gasteiger partial charge on any atom is 0.311 e. The van der Waals surface area contributed by atoms with Gasteiger partial charge in [0.15, 0.2) is 45.9 Å². The quantitative estimate of drug-likeness (QED) is 0.0205. The Kier molecular flexibility index (Phi) is 23.1. The molecule has 0 spiro atoms. The summed E-state index contributed by atoms with van der Waals surface area (Å²) < 4.78 is 24.4. The molecule has 0 saturated carbocycles. The number of hydrogen-bond acceptors (Lipinski definition) is 12. The number of Topliss-reactive ketones (excluding diaryl/α,β-unsaturated/α-hetero) is 2. The van der Waals surface area contributed by atoms with Crippen LogP contribution in [-0.4, -0.2) is 39.7 Å². The van der Waals surface area contributed by atoms with Crippen LogP contribution in [0.1, 0.15) is 216 Å². The fourth-order valence-electron chi connectivity index (χ4n) is 7.27. The molecule has 1 aromatic heterocycles. The molecule has 12 heteroatoms. The molecule has 1 heterocycles. The summed E-state index contributed by atoms with van der Waals surface area (Å²) in [7, 11) is 0. The third-order valence-electron chi connectivity index (χ3n) is 10.9. The van der Waals surface area contributed by atoms with Crippen LogP contribution in [0.4, 0.5) is 0 Å². The third kappa shape index (κ3) is 15.4. The van der Waals surface area contributed by atoms with E-state index >= 15 is 4.79 Å². The molecule has 12 nitrogen and oxygen atoms in total. The number of phenols is 2. The topological polar surface area (TPSA) is 184 Å². The Bertz CT molecular complexity index is 2010. The standard InChI is InChI=1S/C50H70O12/c1-6-11-16-21-26-36(52)42-47(59-39(55)28-23-18-13-8-3)43(37(53)27-22-17-12-7-2)49-44(48(42)60-40(56)29-24-19-14-9-4)45(58)50(61-41(57)30-25-20-15-10-5)46(62-49)34-31-32-35(51)38(54)33-34/h31-33,51,54H,6-30H2,1-5H3. The molecule has 0 saturated heterocycles. The number of esters is 3. The largest absolute Gasteiger partial charge is 0.504 e. The zero-order valence-corrected chi connectivity index (χ0v) is 37.9. The number of carbonyl (C=O) groups is 5. The second kappa shape index (κ2) is 27.8. The van der Waals surface area contributed by atoms with E-state index in [1.165, 1.54) is 6.07 Å².